The normalized spacial score (nSPS) is 35.8. The molecule has 10 heteroatoms. The number of rotatable bonds is 5. The second kappa shape index (κ2) is 6.91. The Balaban J connectivity index is 2.14. The number of esters is 1. The molecule has 1 saturated carbocycles. The van der Waals surface area contributed by atoms with Crippen molar-refractivity contribution < 1.29 is 46.1 Å². The maximum absolute atomic E-state index is 14.6. The van der Waals surface area contributed by atoms with Gasteiger partial charge in [-0.1, -0.05) is 6.58 Å². The molecule has 1 heterocycles. The summed E-state index contributed by atoms with van der Waals surface area (Å²) in [6, 6.07) is 0. The van der Waals surface area contributed by atoms with Crippen LogP contribution in [0.1, 0.15) is 47.0 Å². The minimum absolute atomic E-state index is 0.223. The van der Waals surface area contributed by atoms with Gasteiger partial charge in [0.05, 0.1) is 12.2 Å². The molecule has 162 valence electrons. The Morgan fingerprint density at radius 2 is 1.82 bits per heavy atom. The summed E-state index contributed by atoms with van der Waals surface area (Å²) < 4.78 is 83.0. The first-order chi connectivity index (χ1) is 12.5. The lowest BCUT2D eigenvalue weighted by atomic mass is 9.86. The zero-order valence-corrected chi connectivity index (χ0v) is 16.2. The molecule has 0 aromatic heterocycles. The van der Waals surface area contributed by atoms with Gasteiger partial charge < -0.3 is 19.3 Å². The standard InChI is InChI=1S/C18H25F5O5/c1-10(2)13(24)27-12-7-6-11(8-12)14(3,4)28-15(5)9-26-17(25,16(15,19)20)18(21,22)23/h11-12,25H,1,6-9H2,2-5H3. The molecule has 2 rings (SSSR count). The van der Waals surface area contributed by atoms with Crippen molar-refractivity contribution in [3.8, 4) is 0 Å². The highest BCUT2D eigenvalue weighted by molar-refractivity contribution is 5.87. The molecule has 0 radical (unpaired) electrons. The SMILES string of the molecule is C=C(C)C(=O)OC1CCC(C(C)(C)OC2(C)COC(O)(C(F)(F)F)C2(F)F)C1. The third-order valence-corrected chi connectivity index (χ3v) is 5.51. The van der Waals surface area contributed by atoms with Gasteiger partial charge in [0.15, 0.2) is 5.60 Å². The number of hydrogen-bond acceptors (Lipinski definition) is 5. The molecule has 2 fully saturated rings. The number of hydrogen-bond donors (Lipinski definition) is 1. The number of ether oxygens (including phenoxy) is 3. The lowest BCUT2D eigenvalue weighted by molar-refractivity contribution is -0.412. The van der Waals surface area contributed by atoms with Crippen LogP contribution in [0.5, 0.6) is 0 Å². The van der Waals surface area contributed by atoms with Crippen molar-refractivity contribution in [3.05, 3.63) is 12.2 Å². The van der Waals surface area contributed by atoms with E-state index in [1.807, 2.05) is 0 Å². The fourth-order valence-electron chi connectivity index (χ4n) is 3.73. The van der Waals surface area contributed by atoms with Crippen molar-refractivity contribution in [2.45, 2.75) is 82.1 Å². The van der Waals surface area contributed by atoms with Gasteiger partial charge in [-0.05, 0) is 52.9 Å². The van der Waals surface area contributed by atoms with Crippen LogP contribution in [0.3, 0.4) is 0 Å². The first-order valence-corrected chi connectivity index (χ1v) is 8.84. The topological polar surface area (TPSA) is 65.0 Å². The average Bonchev–Trinajstić information content (AvgIpc) is 3.05. The molecular weight excluding hydrogens is 391 g/mol. The van der Waals surface area contributed by atoms with Crippen LogP contribution in [-0.2, 0) is 19.0 Å². The summed E-state index contributed by atoms with van der Waals surface area (Å²) in [7, 11) is 0. The minimum Gasteiger partial charge on any atom is -0.459 e. The molecule has 28 heavy (non-hydrogen) atoms. The van der Waals surface area contributed by atoms with Crippen LogP contribution in [0.4, 0.5) is 22.0 Å². The van der Waals surface area contributed by atoms with E-state index in [0.717, 1.165) is 6.92 Å². The van der Waals surface area contributed by atoms with Crippen LogP contribution in [0, 0.1) is 5.92 Å². The van der Waals surface area contributed by atoms with E-state index in [-0.39, 0.29) is 11.5 Å². The van der Waals surface area contributed by atoms with Gasteiger partial charge in [-0.3, -0.25) is 0 Å². The molecule has 0 spiro atoms. The summed E-state index contributed by atoms with van der Waals surface area (Å²) in [6.45, 7) is 7.58. The van der Waals surface area contributed by atoms with E-state index in [2.05, 4.69) is 11.3 Å². The predicted octanol–water partition coefficient (Wildman–Crippen LogP) is 3.74. The second-order valence-electron chi connectivity index (χ2n) is 8.26. The third kappa shape index (κ3) is 3.66. The maximum Gasteiger partial charge on any atom is 0.449 e. The molecule has 0 aromatic rings. The van der Waals surface area contributed by atoms with E-state index in [1.165, 1.54) is 20.8 Å². The molecule has 0 bridgehead atoms. The lowest BCUT2D eigenvalue weighted by Crippen LogP contribution is -2.64. The molecule has 1 saturated heterocycles. The molecule has 0 amide bonds. The van der Waals surface area contributed by atoms with E-state index in [0.29, 0.717) is 19.3 Å². The Kier molecular flexibility index (Phi) is 5.68. The maximum atomic E-state index is 14.6. The Labute approximate surface area is 159 Å². The van der Waals surface area contributed by atoms with Crippen molar-refractivity contribution in [3.63, 3.8) is 0 Å². The summed E-state index contributed by atoms with van der Waals surface area (Å²) in [5.74, 6) is -10.3. The molecular formula is C18H25F5O5. The number of carbonyl (C=O) groups excluding carboxylic acids is 1. The van der Waals surface area contributed by atoms with Gasteiger partial charge in [-0.2, -0.15) is 22.0 Å². The Bertz CT molecular complexity index is 647. The van der Waals surface area contributed by atoms with Gasteiger partial charge in [0, 0.05) is 5.57 Å². The zero-order valence-electron chi connectivity index (χ0n) is 16.2. The van der Waals surface area contributed by atoms with Gasteiger partial charge in [0.1, 0.15) is 6.10 Å². The quantitative estimate of drug-likeness (QED) is 0.420. The highest BCUT2D eigenvalue weighted by Crippen LogP contribution is 2.56. The fourth-order valence-corrected chi connectivity index (χ4v) is 3.73. The lowest BCUT2D eigenvalue weighted by Gasteiger charge is -2.43. The average molecular weight is 416 g/mol. The van der Waals surface area contributed by atoms with Crippen LogP contribution in [-0.4, -0.2) is 52.9 Å². The summed E-state index contributed by atoms with van der Waals surface area (Å²) >= 11 is 0. The zero-order chi connectivity index (χ0) is 21.8. The molecule has 5 nitrogen and oxygen atoms in total. The first-order valence-electron chi connectivity index (χ1n) is 8.84. The van der Waals surface area contributed by atoms with Crippen molar-refractivity contribution in [1.82, 2.24) is 0 Å². The van der Waals surface area contributed by atoms with E-state index < -0.39 is 47.8 Å². The largest absolute Gasteiger partial charge is 0.459 e. The van der Waals surface area contributed by atoms with Crippen molar-refractivity contribution >= 4 is 5.97 Å². The van der Waals surface area contributed by atoms with Gasteiger partial charge in [-0.25, -0.2) is 4.79 Å². The Morgan fingerprint density at radius 1 is 1.25 bits per heavy atom. The number of aliphatic hydroxyl groups is 1. The molecule has 0 aromatic carbocycles. The van der Waals surface area contributed by atoms with E-state index in [1.54, 1.807) is 0 Å². The number of halogens is 5. The molecule has 4 unspecified atom stereocenters. The Hall–Kier alpha value is -1.26. The highest BCUT2D eigenvalue weighted by Gasteiger charge is 2.82. The van der Waals surface area contributed by atoms with Crippen LogP contribution in [0.15, 0.2) is 12.2 Å². The summed E-state index contributed by atoms with van der Waals surface area (Å²) in [5.41, 5.74) is -3.77. The molecule has 4 atom stereocenters. The van der Waals surface area contributed by atoms with E-state index in [9.17, 15) is 31.9 Å². The minimum atomic E-state index is -5.70. The van der Waals surface area contributed by atoms with Gasteiger partial charge in [0.2, 0.25) is 0 Å². The van der Waals surface area contributed by atoms with Crippen molar-refractivity contribution in [2.24, 2.45) is 5.92 Å². The molecule has 1 aliphatic carbocycles. The van der Waals surface area contributed by atoms with Gasteiger partial charge >= 0.3 is 23.9 Å². The molecule has 1 aliphatic heterocycles. The first kappa shape index (κ1) is 23.0. The molecule has 2 aliphatic rings. The van der Waals surface area contributed by atoms with Gasteiger partial charge in [0.25, 0.3) is 0 Å². The van der Waals surface area contributed by atoms with Crippen molar-refractivity contribution in [2.75, 3.05) is 6.61 Å². The second-order valence-corrected chi connectivity index (χ2v) is 8.26. The van der Waals surface area contributed by atoms with Crippen LogP contribution in [0.2, 0.25) is 0 Å². The van der Waals surface area contributed by atoms with Crippen LogP contribution < -0.4 is 0 Å². The third-order valence-electron chi connectivity index (χ3n) is 5.51. The van der Waals surface area contributed by atoms with E-state index >= 15 is 0 Å². The number of carbonyl (C=O) groups is 1. The Morgan fingerprint density at radius 3 is 2.29 bits per heavy atom. The number of alkyl halides is 5. The van der Waals surface area contributed by atoms with Crippen LogP contribution >= 0.6 is 0 Å². The van der Waals surface area contributed by atoms with Crippen molar-refractivity contribution in [1.29, 1.82) is 0 Å². The smallest absolute Gasteiger partial charge is 0.449 e. The fraction of sp³-hybridized carbons (Fsp3) is 0.833. The summed E-state index contributed by atoms with van der Waals surface area (Å²) in [6.07, 6.45) is -4.92. The van der Waals surface area contributed by atoms with Crippen LogP contribution in [0.25, 0.3) is 0 Å². The molecule has 1 N–H and O–H groups in total. The summed E-state index contributed by atoms with van der Waals surface area (Å²) in [4.78, 5) is 11.6. The monoisotopic (exact) mass is 416 g/mol. The summed E-state index contributed by atoms with van der Waals surface area (Å²) in [5, 5.41) is 9.50. The van der Waals surface area contributed by atoms with Gasteiger partial charge in [-0.15, -0.1) is 0 Å². The predicted molar refractivity (Wildman–Crippen MR) is 87.5 cm³/mol. The van der Waals surface area contributed by atoms with E-state index in [4.69, 9.17) is 9.47 Å². The highest BCUT2D eigenvalue weighted by atomic mass is 19.4.